The van der Waals surface area contributed by atoms with Gasteiger partial charge in [-0.2, -0.15) is 0 Å². The van der Waals surface area contributed by atoms with E-state index in [0.29, 0.717) is 25.6 Å². The van der Waals surface area contributed by atoms with Crippen molar-refractivity contribution >= 4 is 11.8 Å². The Labute approximate surface area is 122 Å². The van der Waals surface area contributed by atoms with Crippen LogP contribution in [0.25, 0.3) is 0 Å². The van der Waals surface area contributed by atoms with Crippen molar-refractivity contribution in [2.75, 3.05) is 26.8 Å². The van der Waals surface area contributed by atoms with Crippen LogP contribution in [-0.2, 0) is 14.3 Å². The molecule has 0 aromatic heterocycles. The molecule has 3 N–H and O–H groups in total. The minimum atomic E-state index is -0.419. The predicted octanol–water partition coefficient (Wildman–Crippen LogP) is 0.278. The Morgan fingerprint density at radius 3 is 1.90 bits per heavy atom. The Balaban J connectivity index is 3.95. The number of amides is 2. The second-order valence-electron chi connectivity index (χ2n) is 5.37. The molecule has 0 saturated heterocycles. The van der Waals surface area contributed by atoms with Crippen LogP contribution >= 0.6 is 0 Å². The number of carbonyl (C=O) groups is 2. The molecular weight excluding hydrogens is 258 g/mol. The first kappa shape index (κ1) is 18.9. The van der Waals surface area contributed by atoms with Gasteiger partial charge in [0.05, 0.1) is 18.7 Å². The second kappa shape index (κ2) is 10.6. The van der Waals surface area contributed by atoms with E-state index in [1.807, 2.05) is 0 Å². The zero-order valence-corrected chi connectivity index (χ0v) is 13.3. The Hall–Kier alpha value is -1.14. The molecule has 20 heavy (non-hydrogen) atoms. The van der Waals surface area contributed by atoms with Crippen LogP contribution in [0.5, 0.6) is 0 Å². The van der Waals surface area contributed by atoms with Gasteiger partial charge in [0.1, 0.15) is 0 Å². The molecule has 0 fully saturated rings. The lowest BCUT2D eigenvalue weighted by molar-refractivity contribution is -0.125. The Bertz CT molecular complexity index is 295. The van der Waals surface area contributed by atoms with E-state index in [0.717, 1.165) is 6.42 Å². The van der Waals surface area contributed by atoms with Crippen LogP contribution in [0.3, 0.4) is 0 Å². The number of ether oxygens (including phenoxy) is 1. The number of hydrogen-bond donors (Lipinski definition) is 3. The average Bonchev–Trinajstić information content (AvgIpc) is 2.38. The summed E-state index contributed by atoms with van der Waals surface area (Å²) in [6.45, 7) is 9.32. The van der Waals surface area contributed by atoms with Crippen molar-refractivity contribution in [3.8, 4) is 0 Å². The SMILES string of the molecule is COCCNC(=O)C(C)NC(C)C(=O)NCCC(C)C. The lowest BCUT2D eigenvalue weighted by Crippen LogP contribution is -2.51. The molecule has 0 aliphatic heterocycles. The molecule has 0 aromatic carbocycles. The zero-order chi connectivity index (χ0) is 15.5. The molecule has 0 aliphatic rings. The quantitative estimate of drug-likeness (QED) is 0.504. The van der Waals surface area contributed by atoms with Crippen molar-refractivity contribution in [2.24, 2.45) is 5.92 Å². The smallest absolute Gasteiger partial charge is 0.236 e. The van der Waals surface area contributed by atoms with Gasteiger partial charge in [0.2, 0.25) is 11.8 Å². The highest BCUT2D eigenvalue weighted by atomic mass is 16.5. The summed E-state index contributed by atoms with van der Waals surface area (Å²) in [5.41, 5.74) is 0. The molecule has 118 valence electrons. The molecule has 0 radical (unpaired) electrons. The van der Waals surface area contributed by atoms with E-state index >= 15 is 0 Å². The predicted molar refractivity (Wildman–Crippen MR) is 79.4 cm³/mol. The molecule has 6 heteroatoms. The van der Waals surface area contributed by atoms with E-state index in [4.69, 9.17) is 4.74 Å². The number of hydrogen-bond acceptors (Lipinski definition) is 4. The topological polar surface area (TPSA) is 79.5 Å². The summed E-state index contributed by atoms with van der Waals surface area (Å²) < 4.78 is 4.86. The van der Waals surface area contributed by atoms with Crippen LogP contribution in [0.15, 0.2) is 0 Å². The van der Waals surface area contributed by atoms with Crippen LogP contribution in [0.4, 0.5) is 0 Å². The Morgan fingerprint density at radius 2 is 1.45 bits per heavy atom. The first-order valence-electron chi connectivity index (χ1n) is 7.18. The number of rotatable bonds is 10. The molecule has 6 nitrogen and oxygen atoms in total. The van der Waals surface area contributed by atoms with Crippen molar-refractivity contribution in [1.82, 2.24) is 16.0 Å². The highest BCUT2D eigenvalue weighted by molar-refractivity contribution is 5.84. The van der Waals surface area contributed by atoms with Crippen LogP contribution in [-0.4, -0.2) is 50.7 Å². The van der Waals surface area contributed by atoms with Gasteiger partial charge in [-0.25, -0.2) is 0 Å². The maximum atomic E-state index is 11.8. The lowest BCUT2D eigenvalue weighted by atomic mass is 10.1. The van der Waals surface area contributed by atoms with Crippen LogP contribution < -0.4 is 16.0 Å². The summed E-state index contributed by atoms with van der Waals surface area (Å²) in [6.07, 6.45) is 0.950. The maximum Gasteiger partial charge on any atom is 0.236 e. The van der Waals surface area contributed by atoms with Crippen LogP contribution in [0.1, 0.15) is 34.1 Å². The molecule has 0 rings (SSSR count). The highest BCUT2D eigenvalue weighted by Crippen LogP contribution is 1.97. The third-order valence-electron chi connectivity index (χ3n) is 2.91. The van der Waals surface area contributed by atoms with Crippen molar-refractivity contribution in [2.45, 2.75) is 46.2 Å². The summed E-state index contributed by atoms with van der Waals surface area (Å²) in [4.78, 5) is 23.5. The minimum absolute atomic E-state index is 0.0813. The van der Waals surface area contributed by atoms with E-state index < -0.39 is 12.1 Å². The summed E-state index contributed by atoms with van der Waals surface area (Å²) in [6, 6.07) is -0.817. The molecule has 2 amide bonds. The van der Waals surface area contributed by atoms with E-state index in [1.54, 1.807) is 21.0 Å². The van der Waals surface area contributed by atoms with Gasteiger partial charge >= 0.3 is 0 Å². The Kier molecular flexibility index (Phi) is 10.0. The third kappa shape index (κ3) is 8.87. The van der Waals surface area contributed by atoms with Crippen molar-refractivity contribution < 1.29 is 14.3 Å². The van der Waals surface area contributed by atoms with Gasteiger partial charge in [-0.05, 0) is 26.2 Å². The van der Waals surface area contributed by atoms with E-state index in [9.17, 15) is 9.59 Å². The van der Waals surface area contributed by atoms with Crippen molar-refractivity contribution in [3.63, 3.8) is 0 Å². The first-order chi connectivity index (χ1) is 9.38. The fourth-order valence-corrected chi connectivity index (χ4v) is 1.59. The first-order valence-corrected chi connectivity index (χ1v) is 7.18. The highest BCUT2D eigenvalue weighted by Gasteiger charge is 2.19. The largest absolute Gasteiger partial charge is 0.383 e. The molecular formula is C14H29N3O3. The van der Waals surface area contributed by atoms with Gasteiger partial charge in [0.15, 0.2) is 0 Å². The molecule has 2 unspecified atom stereocenters. The monoisotopic (exact) mass is 287 g/mol. The number of nitrogens with one attached hydrogen (secondary N) is 3. The van der Waals surface area contributed by atoms with Gasteiger partial charge in [-0.1, -0.05) is 13.8 Å². The normalized spacial score (nSPS) is 13.9. The van der Waals surface area contributed by atoms with E-state index in [2.05, 4.69) is 29.8 Å². The fraction of sp³-hybridized carbons (Fsp3) is 0.857. The summed E-state index contributed by atoms with van der Waals surface area (Å²) in [5.74, 6) is 0.343. The molecule has 0 aromatic rings. The van der Waals surface area contributed by atoms with Gasteiger partial charge in [-0.15, -0.1) is 0 Å². The fourth-order valence-electron chi connectivity index (χ4n) is 1.59. The van der Waals surface area contributed by atoms with E-state index in [1.165, 1.54) is 0 Å². The molecule has 0 bridgehead atoms. The molecule has 0 aliphatic carbocycles. The maximum absolute atomic E-state index is 11.8. The second-order valence-corrected chi connectivity index (χ2v) is 5.37. The Morgan fingerprint density at radius 1 is 0.950 bits per heavy atom. The summed E-state index contributed by atoms with van der Waals surface area (Å²) in [5, 5.41) is 8.56. The molecule has 0 saturated carbocycles. The van der Waals surface area contributed by atoms with Crippen molar-refractivity contribution in [1.29, 1.82) is 0 Å². The average molecular weight is 287 g/mol. The lowest BCUT2D eigenvalue weighted by Gasteiger charge is -2.19. The standard InChI is InChI=1S/C14H29N3O3/c1-10(2)6-7-15-13(18)11(3)17-12(4)14(19)16-8-9-20-5/h10-12,17H,6-9H2,1-5H3,(H,15,18)(H,16,19). The van der Waals surface area contributed by atoms with Crippen LogP contribution in [0.2, 0.25) is 0 Å². The minimum Gasteiger partial charge on any atom is -0.383 e. The molecule has 0 spiro atoms. The molecule has 0 heterocycles. The third-order valence-corrected chi connectivity index (χ3v) is 2.91. The number of carbonyl (C=O) groups excluding carboxylic acids is 2. The van der Waals surface area contributed by atoms with Gasteiger partial charge < -0.3 is 15.4 Å². The van der Waals surface area contributed by atoms with Crippen molar-refractivity contribution in [3.05, 3.63) is 0 Å². The van der Waals surface area contributed by atoms with E-state index in [-0.39, 0.29) is 11.8 Å². The zero-order valence-electron chi connectivity index (χ0n) is 13.3. The van der Waals surface area contributed by atoms with Gasteiger partial charge in [0, 0.05) is 20.2 Å². The van der Waals surface area contributed by atoms with Gasteiger partial charge in [0.25, 0.3) is 0 Å². The molecule has 2 atom stereocenters. The summed E-state index contributed by atoms with van der Waals surface area (Å²) in [7, 11) is 1.58. The summed E-state index contributed by atoms with van der Waals surface area (Å²) >= 11 is 0. The van der Waals surface area contributed by atoms with Gasteiger partial charge in [-0.3, -0.25) is 14.9 Å². The number of methoxy groups -OCH3 is 1. The van der Waals surface area contributed by atoms with Crippen LogP contribution in [0, 0.1) is 5.92 Å².